The Bertz CT molecular complexity index is 222. The van der Waals surface area contributed by atoms with Gasteiger partial charge in [0, 0.05) is 14.0 Å². The molecular weight excluding hydrogens is 188 g/mol. The lowest BCUT2D eigenvalue weighted by molar-refractivity contribution is -0.127. The van der Waals surface area contributed by atoms with Crippen LogP contribution in [0.3, 0.4) is 0 Å². The highest BCUT2D eigenvalue weighted by Crippen LogP contribution is 1.74. The van der Waals surface area contributed by atoms with Gasteiger partial charge in [0.15, 0.2) is 0 Å². The predicted molar refractivity (Wildman–Crippen MR) is 41.2 cm³/mol. The van der Waals surface area contributed by atoms with Crippen LogP contribution in [-0.4, -0.2) is 38.0 Å². The lowest BCUT2D eigenvalue weighted by Crippen LogP contribution is -2.30. The van der Waals surface area contributed by atoms with E-state index in [4.69, 9.17) is 10.4 Å². The van der Waals surface area contributed by atoms with Crippen LogP contribution in [0.1, 0.15) is 6.92 Å². The van der Waals surface area contributed by atoms with Gasteiger partial charge >= 0.3 is 10.4 Å². The number of carbonyl (C=O) groups excluding carboxylic acids is 1. The molecule has 0 saturated heterocycles. The van der Waals surface area contributed by atoms with Crippen LogP contribution < -0.4 is 5.84 Å². The second kappa shape index (κ2) is 5.89. The fraction of sp³-hybridized carbons (Fsp3) is 0.750. The molecule has 0 atom stereocenters. The van der Waals surface area contributed by atoms with Gasteiger partial charge in [0.2, 0.25) is 5.91 Å². The summed E-state index contributed by atoms with van der Waals surface area (Å²) in [6, 6.07) is 0. The van der Waals surface area contributed by atoms with E-state index in [2.05, 4.69) is 4.18 Å². The van der Waals surface area contributed by atoms with Gasteiger partial charge in [-0.05, 0) is 0 Å². The van der Waals surface area contributed by atoms with E-state index in [9.17, 15) is 13.2 Å². The van der Waals surface area contributed by atoms with Crippen molar-refractivity contribution >= 4 is 16.3 Å². The van der Waals surface area contributed by atoms with Crippen molar-refractivity contribution in [1.82, 2.24) is 5.01 Å². The molecule has 0 aromatic carbocycles. The zero-order valence-corrected chi connectivity index (χ0v) is 7.83. The largest absolute Gasteiger partial charge is 0.397 e. The van der Waals surface area contributed by atoms with E-state index in [1.54, 1.807) is 0 Å². The first-order valence-electron chi connectivity index (χ1n) is 2.72. The van der Waals surface area contributed by atoms with E-state index in [-0.39, 0.29) is 5.91 Å². The summed E-state index contributed by atoms with van der Waals surface area (Å²) >= 11 is 0. The molecule has 12 heavy (non-hydrogen) atoms. The van der Waals surface area contributed by atoms with Gasteiger partial charge in [-0.15, -0.1) is 0 Å². The van der Waals surface area contributed by atoms with Crippen molar-refractivity contribution in [3.05, 3.63) is 0 Å². The third-order valence-electron chi connectivity index (χ3n) is 0.707. The molecule has 0 heterocycles. The number of hydrogen-bond acceptors (Lipinski definition) is 5. The van der Waals surface area contributed by atoms with Crippen LogP contribution >= 0.6 is 0 Å². The van der Waals surface area contributed by atoms with Crippen molar-refractivity contribution < 1.29 is 21.9 Å². The third kappa shape index (κ3) is 16.1. The standard InChI is InChI=1S/C3H8N2O.CH4O4S/c1-3(6)5(2)4;1-5-6(2,3)4/h4H2,1-2H3;1H3,(H,2,3,4). The summed E-state index contributed by atoms with van der Waals surface area (Å²) in [6.45, 7) is 1.40. The number of carbonyl (C=O) groups is 1. The maximum Gasteiger partial charge on any atom is 0.397 e. The van der Waals surface area contributed by atoms with Gasteiger partial charge in [-0.2, -0.15) is 8.42 Å². The molecular formula is C4H12N2O5S. The maximum absolute atomic E-state index is 9.94. The van der Waals surface area contributed by atoms with Gasteiger partial charge in [0.05, 0.1) is 7.11 Å². The average molecular weight is 200 g/mol. The normalized spacial score (nSPS) is 9.75. The molecule has 0 saturated carbocycles. The van der Waals surface area contributed by atoms with E-state index in [0.29, 0.717) is 0 Å². The Kier molecular flexibility index (Phi) is 6.80. The first kappa shape index (κ1) is 13.9. The SMILES string of the molecule is CC(=O)N(C)N.COS(=O)(=O)O. The topological polar surface area (TPSA) is 110 Å². The third-order valence-corrected chi connectivity index (χ3v) is 1.13. The minimum Gasteiger partial charge on any atom is -0.284 e. The van der Waals surface area contributed by atoms with Gasteiger partial charge in [0.25, 0.3) is 0 Å². The zero-order chi connectivity index (χ0) is 10.4. The molecule has 3 N–H and O–H groups in total. The van der Waals surface area contributed by atoms with Gasteiger partial charge in [-0.3, -0.25) is 18.5 Å². The Labute approximate surface area is 71.0 Å². The Balaban J connectivity index is 0. The van der Waals surface area contributed by atoms with Gasteiger partial charge in [0.1, 0.15) is 0 Å². The highest BCUT2D eigenvalue weighted by Gasteiger charge is 1.94. The first-order chi connectivity index (χ1) is 5.20. The summed E-state index contributed by atoms with van der Waals surface area (Å²) in [6.07, 6.45) is 0. The fourth-order valence-electron chi connectivity index (χ4n) is 0. The molecule has 7 nitrogen and oxygen atoms in total. The smallest absolute Gasteiger partial charge is 0.284 e. The predicted octanol–water partition coefficient (Wildman–Crippen LogP) is -1.23. The monoisotopic (exact) mass is 200 g/mol. The van der Waals surface area contributed by atoms with Crippen LogP contribution in [0.4, 0.5) is 0 Å². The Morgan fingerprint density at radius 3 is 1.75 bits per heavy atom. The number of nitrogens with zero attached hydrogens (tertiary/aromatic N) is 1. The molecule has 0 aromatic rings. The van der Waals surface area contributed by atoms with E-state index in [1.807, 2.05) is 0 Å². The van der Waals surface area contributed by atoms with Crippen LogP contribution in [0, 0.1) is 0 Å². The summed E-state index contributed by atoms with van der Waals surface area (Å²) in [5.41, 5.74) is 0. The molecule has 0 fully saturated rings. The maximum atomic E-state index is 9.94. The zero-order valence-electron chi connectivity index (χ0n) is 7.01. The fourth-order valence-corrected chi connectivity index (χ4v) is 0. The Hall–Kier alpha value is -0.700. The van der Waals surface area contributed by atoms with E-state index in [0.717, 1.165) is 12.1 Å². The van der Waals surface area contributed by atoms with Crippen LogP contribution in [-0.2, 0) is 19.4 Å². The summed E-state index contributed by atoms with van der Waals surface area (Å²) in [5, 5.41) is 1.03. The van der Waals surface area contributed by atoms with Crippen LogP contribution in [0.15, 0.2) is 0 Å². The minimum absolute atomic E-state index is 0.130. The molecule has 0 bridgehead atoms. The molecule has 0 aliphatic carbocycles. The summed E-state index contributed by atoms with van der Waals surface area (Å²) < 4.78 is 29.7. The number of hydrazine groups is 1. The van der Waals surface area contributed by atoms with E-state index in [1.165, 1.54) is 14.0 Å². The summed E-state index contributed by atoms with van der Waals surface area (Å²) in [4.78, 5) is 9.94. The second-order valence-corrected chi connectivity index (χ2v) is 2.91. The molecule has 74 valence electrons. The average Bonchev–Trinajstić information content (AvgIpc) is 1.87. The summed E-state index contributed by atoms with van der Waals surface area (Å²) in [5.74, 6) is 4.79. The molecule has 1 amide bonds. The molecule has 0 aliphatic rings. The van der Waals surface area contributed by atoms with E-state index < -0.39 is 10.4 Å². The molecule has 0 aromatic heterocycles. The van der Waals surface area contributed by atoms with Gasteiger partial charge in [-0.25, -0.2) is 5.84 Å². The van der Waals surface area contributed by atoms with E-state index >= 15 is 0 Å². The highest BCUT2D eigenvalue weighted by atomic mass is 32.3. The molecule has 8 heteroatoms. The molecule has 0 rings (SSSR count). The highest BCUT2D eigenvalue weighted by molar-refractivity contribution is 7.80. The molecule has 0 spiro atoms. The molecule has 0 aliphatic heterocycles. The quantitative estimate of drug-likeness (QED) is 0.237. The Morgan fingerprint density at radius 1 is 1.58 bits per heavy atom. The minimum atomic E-state index is -4.16. The van der Waals surface area contributed by atoms with Crippen LogP contribution in [0.2, 0.25) is 0 Å². The Morgan fingerprint density at radius 2 is 1.75 bits per heavy atom. The lowest BCUT2D eigenvalue weighted by Gasteiger charge is -2.02. The first-order valence-corrected chi connectivity index (χ1v) is 4.09. The van der Waals surface area contributed by atoms with Crippen molar-refractivity contribution in [3.8, 4) is 0 Å². The summed E-state index contributed by atoms with van der Waals surface area (Å²) in [7, 11) is -1.79. The lowest BCUT2D eigenvalue weighted by atomic mass is 10.7. The van der Waals surface area contributed by atoms with Crippen molar-refractivity contribution in [2.24, 2.45) is 5.84 Å². The van der Waals surface area contributed by atoms with Crippen LogP contribution in [0.25, 0.3) is 0 Å². The number of nitrogens with two attached hydrogens (primary N) is 1. The number of hydrogen-bond donors (Lipinski definition) is 2. The van der Waals surface area contributed by atoms with Crippen molar-refractivity contribution in [2.45, 2.75) is 6.92 Å². The van der Waals surface area contributed by atoms with Crippen LogP contribution in [0.5, 0.6) is 0 Å². The van der Waals surface area contributed by atoms with Gasteiger partial charge < -0.3 is 0 Å². The van der Waals surface area contributed by atoms with Crippen molar-refractivity contribution in [1.29, 1.82) is 0 Å². The molecule has 0 radical (unpaired) electrons. The van der Waals surface area contributed by atoms with Crippen molar-refractivity contribution in [3.63, 3.8) is 0 Å². The second-order valence-electron chi connectivity index (χ2n) is 1.72. The molecule has 0 unspecified atom stereocenters. The number of amides is 1. The van der Waals surface area contributed by atoms with Gasteiger partial charge in [-0.1, -0.05) is 0 Å². The van der Waals surface area contributed by atoms with Crippen molar-refractivity contribution in [2.75, 3.05) is 14.2 Å². The number of rotatable bonds is 1.